The number of carboxylic acids is 1. The molecule has 2 aliphatic heterocycles. The van der Waals surface area contributed by atoms with E-state index in [9.17, 15) is 18.7 Å². The van der Waals surface area contributed by atoms with Gasteiger partial charge in [0.2, 0.25) is 0 Å². The fraction of sp³-hybridized carbons (Fsp3) is 0.613. The highest BCUT2D eigenvalue weighted by Crippen LogP contribution is 2.40. The molecular formula is C31H41F2N3O2. The Bertz CT molecular complexity index is 1070. The van der Waals surface area contributed by atoms with E-state index in [1.54, 1.807) is 6.07 Å². The number of hydrogen-bond donors (Lipinski definition) is 1. The fourth-order valence-corrected chi connectivity index (χ4v) is 6.60. The maximum atomic E-state index is 14.6. The summed E-state index contributed by atoms with van der Waals surface area (Å²) in [5.41, 5.74) is 2.55. The van der Waals surface area contributed by atoms with Gasteiger partial charge in [-0.15, -0.1) is 0 Å². The molecule has 0 amide bonds. The molecule has 7 heteroatoms. The largest absolute Gasteiger partial charge is 0.480 e. The number of aryl methyl sites for hydroxylation is 1. The van der Waals surface area contributed by atoms with Gasteiger partial charge < -0.3 is 10.0 Å². The number of benzene rings is 1. The molecule has 38 heavy (non-hydrogen) atoms. The molecule has 1 aromatic heterocycles. The Morgan fingerprint density at radius 2 is 1.89 bits per heavy atom. The Kier molecular flexibility index (Phi) is 8.44. The third-order valence-electron chi connectivity index (χ3n) is 9.07. The van der Waals surface area contributed by atoms with Crippen LogP contribution in [0.2, 0.25) is 0 Å². The van der Waals surface area contributed by atoms with Crippen LogP contribution in [0.5, 0.6) is 0 Å². The van der Waals surface area contributed by atoms with Crippen molar-refractivity contribution in [1.82, 2.24) is 14.8 Å². The van der Waals surface area contributed by atoms with Crippen LogP contribution in [0, 0.1) is 24.7 Å². The molecule has 3 atom stereocenters. The number of rotatable bonds is 11. The molecule has 1 saturated carbocycles. The molecule has 3 heterocycles. The summed E-state index contributed by atoms with van der Waals surface area (Å²) in [6, 6.07) is 11.3. The van der Waals surface area contributed by atoms with Gasteiger partial charge in [0.1, 0.15) is 6.04 Å². The number of piperidine rings is 1. The second-order valence-electron chi connectivity index (χ2n) is 12.0. The van der Waals surface area contributed by atoms with Gasteiger partial charge in [-0.3, -0.25) is 14.7 Å². The van der Waals surface area contributed by atoms with Crippen LogP contribution in [0.1, 0.15) is 67.6 Å². The van der Waals surface area contributed by atoms with Crippen LogP contribution in [-0.2, 0) is 10.7 Å². The molecule has 5 rings (SSSR count). The standard InChI is InChI=1S/C31H41F2N3O2/c1-22-4-2-5-25(16-22)28-21-36(29(30(37)38)17-24-7-8-24)20-26(28)19-35-14-10-23(11-15-35)9-12-31(32,33)27-6-3-13-34-18-27/h2-6,13,16,18,23-24,26,28-29H,7-12,14-15,17,19-21H2,1H3,(H,37,38)/t26?,28-,29-/m1/s1. The lowest BCUT2D eigenvalue weighted by Crippen LogP contribution is -2.42. The predicted molar refractivity (Wildman–Crippen MR) is 144 cm³/mol. The van der Waals surface area contributed by atoms with Crippen LogP contribution in [0.4, 0.5) is 8.78 Å². The van der Waals surface area contributed by atoms with Crippen molar-refractivity contribution in [2.75, 3.05) is 32.7 Å². The van der Waals surface area contributed by atoms with E-state index in [0.717, 1.165) is 64.8 Å². The SMILES string of the molecule is Cc1cccc([C@H]2CN([C@H](CC3CC3)C(=O)O)CC2CN2CCC(CCC(F)(F)c3cccnc3)CC2)c1. The van der Waals surface area contributed by atoms with Crippen molar-refractivity contribution < 1.29 is 18.7 Å². The van der Waals surface area contributed by atoms with E-state index in [1.807, 2.05) is 0 Å². The monoisotopic (exact) mass is 525 g/mol. The lowest BCUT2D eigenvalue weighted by atomic mass is 9.86. The number of alkyl halides is 2. The lowest BCUT2D eigenvalue weighted by Gasteiger charge is -2.35. The third-order valence-corrected chi connectivity index (χ3v) is 9.07. The van der Waals surface area contributed by atoms with Crippen molar-refractivity contribution in [3.05, 3.63) is 65.5 Å². The summed E-state index contributed by atoms with van der Waals surface area (Å²) >= 11 is 0. The molecule has 1 aromatic carbocycles. The van der Waals surface area contributed by atoms with Gasteiger partial charge in [-0.05, 0) is 81.1 Å². The van der Waals surface area contributed by atoms with E-state index in [1.165, 1.54) is 29.6 Å². The average Bonchev–Trinajstić information content (AvgIpc) is 3.65. The van der Waals surface area contributed by atoms with E-state index < -0.39 is 17.9 Å². The molecule has 1 N–H and O–H groups in total. The van der Waals surface area contributed by atoms with Crippen molar-refractivity contribution in [1.29, 1.82) is 0 Å². The topological polar surface area (TPSA) is 56.7 Å². The highest BCUT2D eigenvalue weighted by Gasteiger charge is 2.42. The highest BCUT2D eigenvalue weighted by atomic mass is 19.3. The summed E-state index contributed by atoms with van der Waals surface area (Å²) in [7, 11) is 0. The Labute approximate surface area is 225 Å². The number of hydrogen-bond acceptors (Lipinski definition) is 4. The molecule has 0 bridgehead atoms. The lowest BCUT2D eigenvalue weighted by molar-refractivity contribution is -0.143. The molecular weight excluding hydrogens is 484 g/mol. The minimum absolute atomic E-state index is 0.00626. The molecule has 2 saturated heterocycles. The van der Waals surface area contributed by atoms with Gasteiger partial charge in [0, 0.05) is 49.9 Å². The summed E-state index contributed by atoms with van der Waals surface area (Å²) in [5, 5.41) is 10.0. The van der Waals surface area contributed by atoms with Gasteiger partial charge in [-0.2, -0.15) is 0 Å². The summed E-state index contributed by atoms with van der Waals surface area (Å²) < 4.78 is 29.3. The van der Waals surface area contributed by atoms with Crippen LogP contribution in [0.15, 0.2) is 48.8 Å². The quantitative estimate of drug-likeness (QED) is 0.393. The summed E-state index contributed by atoms with van der Waals surface area (Å²) in [6.07, 6.45) is 8.15. The summed E-state index contributed by atoms with van der Waals surface area (Å²) in [6.45, 7) is 6.48. The Morgan fingerprint density at radius 1 is 1.11 bits per heavy atom. The highest BCUT2D eigenvalue weighted by molar-refractivity contribution is 5.73. The van der Waals surface area contributed by atoms with E-state index >= 15 is 0 Å². The van der Waals surface area contributed by atoms with Crippen molar-refractivity contribution in [2.45, 2.75) is 69.8 Å². The maximum absolute atomic E-state index is 14.6. The second kappa shape index (κ2) is 11.8. The summed E-state index contributed by atoms with van der Waals surface area (Å²) in [5.74, 6) is -1.96. The predicted octanol–water partition coefficient (Wildman–Crippen LogP) is 5.94. The number of likely N-dealkylation sites (tertiary alicyclic amines) is 2. The van der Waals surface area contributed by atoms with E-state index in [4.69, 9.17) is 0 Å². The summed E-state index contributed by atoms with van der Waals surface area (Å²) in [4.78, 5) is 20.8. The number of halogens is 2. The van der Waals surface area contributed by atoms with Crippen molar-refractivity contribution >= 4 is 5.97 Å². The molecule has 2 aromatic rings. The molecule has 3 fully saturated rings. The van der Waals surface area contributed by atoms with Gasteiger partial charge in [-0.1, -0.05) is 42.7 Å². The maximum Gasteiger partial charge on any atom is 0.320 e. The van der Waals surface area contributed by atoms with Crippen LogP contribution >= 0.6 is 0 Å². The first kappa shape index (κ1) is 27.2. The van der Waals surface area contributed by atoms with Crippen molar-refractivity contribution in [2.24, 2.45) is 17.8 Å². The second-order valence-corrected chi connectivity index (χ2v) is 12.0. The Morgan fingerprint density at radius 3 is 2.55 bits per heavy atom. The Hall–Kier alpha value is -2.38. The van der Waals surface area contributed by atoms with Gasteiger partial charge in [-0.25, -0.2) is 8.78 Å². The van der Waals surface area contributed by atoms with Gasteiger partial charge in [0.25, 0.3) is 5.92 Å². The minimum Gasteiger partial charge on any atom is -0.480 e. The zero-order chi connectivity index (χ0) is 26.7. The average molecular weight is 526 g/mol. The van der Waals surface area contributed by atoms with Crippen LogP contribution < -0.4 is 0 Å². The molecule has 3 aliphatic rings. The minimum atomic E-state index is -2.83. The molecule has 206 valence electrons. The van der Waals surface area contributed by atoms with Crippen molar-refractivity contribution in [3.8, 4) is 0 Å². The number of nitrogens with zero attached hydrogens (tertiary/aromatic N) is 3. The third kappa shape index (κ3) is 6.78. The molecule has 0 spiro atoms. The number of pyridine rings is 1. The number of carbonyl (C=O) groups is 1. The molecule has 1 unspecified atom stereocenters. The number of aliphatic carboxylic acids is 1. The first-order valence-electron chi connectivity index (χ1n) is 14.3. The van der Waals surface area contributed by atoms with Gasteiger partial charge in [0.05, 0.1) is 0 Å². The van der Waals surface area contributed by atoms with E-state index in [0.29, 0.717) is 30.1 Å². The molecule has 1 aliphatic carbocycles. The Balaban J connectivity index is 1.18. The van der Waals surface area contributed by atoms with Crippen LogP contribution in [0.25, 0.3) is 0 Å². The van der Waals surface area contributed by atoms with Crippen molar-refractivity contribution in [3.63, 3.8) is 0 Å². The van der Waals surface area contributed by atoms with Crippen LogP contribution in [0.3, 0.4) is 0 Å². The molecule has 5 nitrogen and oxygen atoms in total. The van der Waals surface area contributed by atoms with Gasteiger partial charge in [0.15, 0.2) is 0 Å². The zero-order valence-corrected chi connectivity index (χ0v) is 22.4. The van der Waals surface area contributed by atoms with Gasteiger partial charge >= 0.3 is 5.97 Å². The first-order chi connectivity index (χ1) is 18.3. The number of aromatic nitrogens is 1. The zero-order valence-electron chi connectivity index (χ0n) is 22.4. The first-order valence-corrected chi connectivity index (χ1v) is 14.3. The molecule has 0 radical (unpaired) electrons. The van der Waals surface area contributed by atoms with Crippen LogP contribution in [-0.4, -0.2) is 64.6 Å². The smallest absolute Gasteiger partial charge is 0.320 e. The fourth-order valence-electron chi connectivity index (χ4n) is 6.60. The van der Waals surface area contributed by atoms with E-state index in [-0.39, 0.29) is 12.0 Å². The normalized spacial score (nSPS) is 24.5. The number of carboxylic acid groups (broad SMARTS) is 1. The van der Waals surface area contributed by atoms with E-state index in [2.05, 4.69) is 46.0 Å².